The lowest BCUT2D eigenvalue weighted by Gasteiger charge is -2.02. The average Bonchev–Trinajstić information content (AvgIpc) is 2.81. The zero-order valence-electron chi connectivity index (χ0n) is 11.9. The Bertz CT molecular complexity index is 824. The third kappa shape index (κ3) is 2.92. The van der Waals surface area contributed by atoms with Crippen LogP contribution in [0.25, 0.3) is 5.69 Å². The SMILES string of the molecule is Cc1nn(-c2ccccc2)c(N)c1N=Nc1cccc(Br)c1. The molecule has 110 valence electrons. The van der Waals surface area contributed by atoms with E-state index >= 15 is 0 Å². The van der Waals surface area contributed by atoms with Gasteiger partial charge in [-0.25, -0.2) is 4.68 Å². The van der Waals surface area contributed by atoms with Crippen LogP contribution in [0.2, 0.25) is 0 Å². The molecule has 0 fully saturated rings. The highest BCUT2D eigenvalue weighted by Crippen LogP contribution is 2.30. The van der Waals surface area contributed by atoms with Gasteiger partial charge in [0.05, 0.1) is 17.1 Å². The molecular weight excluding hydrogens is 342 g/mol. The van der Waals surface area contributed by atoms with Gasteiger partial charge in [0.15, 0.2) is 11.5 Å². The van der Waals surface area contributed by atoms with Crippen molar-refractivity contribution in [2.75, 3.05) is 5.73 Å². The van der Waals surface area contributed by atoms with Crippen molar-refractivity contribution in [2.45, 2.75) is 6.92 Å². The van der Waals surface area contributed by atoms with Crippen molar-refractivity contribution in [3.05, 3.63) is 64.8 Å². The molecule has 0 aliphatic heterocycles. The van der Waals surface area contributed by atoms with E-state index in [4.69, 9.17) is 5.73 Å². The first-order valence-electron chi connectivity index (χ1n) is 6.73. The molecule has 2 N–H and O–H groups in total. The van der Waals surface area contributed by atoms with Crippen molar-refractivity contribution in [3.8, 4) is 5.69 Å². The van der Waals surface area contributed by atoms with Crippen LogP contribution < -0.4 is 5.73 Å². The monoisotopic (exact) mass is 355 g/mol. The number of nitrogens with two attached hydrogens (primary N) is 1. The van der Waals surface area contributed by atoms with E-state index in [0.29, 0.717) is 11.5 Å². The molecule has 3 rings (SSSR count). The Balaban J connectivity index is 1.97. The van der Waals surface area contributed by atoms with Gasteiger partial charge in [-0.3, -0.25) is 0 Å². The first-order valence-corrected chi connectivity index (χ1v) is 7.52. The molecule has 0 atom stereocenters. The first kappa shape index (κ1) is 14.5. The maximum Gasteiger partial charge on any atom is 0.155 e. The topological polar surface area (TPSA) is 68.6 Å². The van der Waals surface area contributed by atoms with Crippen molar-refractivity contribution in [2.24, 2.45) is 10.2 Å². The zero-order chi connectivity index (χ0) is 15.5. The van der Waals surface area contributed by atoms with Gasteiger partial charge in [0.1, 0.15) is 0 Å². The van der Waals surface area contributed by atoms with Crippen molar-refractivity contribution in [3.63, 3.8) is 0 Å². The molecule has 1 aromatic heterocycles. The fourth-order valence-corrected chi connectivity index (χ4v) is 2.46. The van der Waals surface area contributed by atoms with Crippen LogP contribution in [0.15, 0.2) is 69.3 Å². The van der Waals surface area contributed by atoms with E-state index < -0.39 is 0 Å². The van der Waals surface area contributed by atoms with E-state index in [9.17, 15) is 0 Å². The normalized spacial score (nSPS) is 11.2. The second-order valence-electron chi connectivity index (χ2n) is 4.75. The summed E-state index contributed by atoms with van der Waals surface area (Å²) >= 11 is 3.41. The lowest BCUT2D eigenvalue weighted by atomic mass is 10.3. The third-order valence-electron chi connectivity index (χ3n) is 3.14. The van der Waals surface area contributed by atoms with Crippen molar-refractivity contribution in [1.29, 1.82) is 0 Å². The van der Waals surface area contributed by atoms with Crippen LogP contribution in [-0.4, -0.2) is 9.78 Å². The smallest absolute Gasteiger partial charge is 0.155 e. The van der Waals surface area contributed by atoms with E-state index in [1.165, 1.54) is 0 Å². The van der Waals surface area contributed by atoms with Crippen molar-refractivity contribution < 1.29 is 0 Å². The lowest BCUT2D eigenvalue weighted by Crippen LogP contribution is -2.01. The van der Waals surface area contributed by atoms with Gasteiger partial charge in [0, 0.05) is 4.47 Å². The summed E-state index contributed by atoms with van der Waals surface area (Å²) in [5, 5.41) is 12.9. The van der Waals surface area contributed by atoms with Crippen LogP contribution in [0.3, 0.4) is 0 Å². The first-order chi connectivity index (χ1) is 10.6. The van der Waals surface area contributed by atoms with Gasteiger partial charge >= 0.3 is 0 Å². The number of aromatic nitrogens is 2. The highest BCUT2D eigenvalue weighted by Gasteiger charge is 2.13. The average molecular weight is 356 g/mol. The minimum absolute atomic E-state index is 0.474. The number of nitrogen functional groups attached to an aromatic ring is 1. The van der Waals surface area contributed by atoms with Gasteiger partial charge in [-0.1, -0.05) is 40.2 Å². The van der Waals surface area contributed by atoms with Crippen LogP contribution in [0.1, 0.15) is 5.69 Å². The van der Waals surface area contributed by atoms with E-state index in [1.54, 1.807) is 4.68 Å². The summed E-state index contributed by atoms with van der Waals surface area (Å²) in [5.74, 6) is 0.474. The molecule has 6 heteroatoms. The Labute approximate surface area is 136 Å². The molecule has 0 aliphatic rings. The minimum atomic E-state index is 0.474. The predicted octanol–water partition coefficient (Wildman–Crippen LogP) is 4.94. The number of nitrogens with zero attached hydrogens (tertiary/aromatic N) is 4. The Kier molecular flexibility index (Phi) is 4.02. The highest BCUT2D eigenvalue weighted by atomic mass is 79.9. The van der Waals surface area contributed by atoms with E-state index in [-0.39, 0.29) is 0 Å². The number of halogens is 1. The van der Waals surface area contributed by atoms with Crippen LogP contribution >= 0.6 is 15.9 Å². The zero-order valence-corrected chi connectivity index (χ0v) is 13.5. The summed E-state index contributed by atoms with van der Waals surface area (Å²) in [6.07, 6.45) is 0. The molecule has 0 amide bonds. The molecule has 0 saturated carbocycles. The largest absolute Gasteiger partial charge is 0.382 e. The van der Waals surface area contributed by atoms with Crippen LogP contribution in [-0.2, 0) is 0 Å². The Morgan fingerprint density at radius 1 is 1.05 bits per heavy atom. The Morgan fingerprint density at radius 3 is 2.55 bits per heavy atom. The molecule has 5 nitrogen and oxygen atoms in total. The second-order valence-corrected chi connectivity index (χ2v) is 5.66. The predicted molar refractivity (Wildman–Crippen MR) is 91.0 cm³/mol. The number of hydrogen-bond donors (Lipinski definition) is 1. The summed E-state index contributed by atoms with van der Waals surface area (Å²) in [5.41, 5.74) is 9.14. The summed E-state index contributed by atoms with van der Waals surface area (Å²) in [7, 11) is 0. The molecule has 0 bridgehead atoms. The lowest BCUT2D eigenvalue weighted by molar-refractivity contribution is 0.872. The molecule has 3 aromatic rings. The molecule has 22 heavy (non-hydrogen) atoms. The molecule has 1 heterocycles. The van der Waals surface area contributed by atoms with Gasteiger partial charge in [-0.2, -0.15) is 10.2 Å². The maximum atomic E-state index is 6.17. The number of para-hydroxylation sites is 1. The Hall–Kier alpha value is -2.47. The fraction of sp³-hybridized carbons (Fsp3) is 0.0625. The molecule has 0 unspecified atom stereocenters. The van der Waals surface area contributed by atoms with Crippen LogP contribution in [0.5, 0.6) is 0 Å². The van der Waals surface area contributed by atoms with Gasteiger partial charge in [-0.05, 0) is 37.3 Å². The number of benzene rings is 2. The molecule has 0 radical (unpaired) electrons. The van der Waals surface area contributed by atoms with Crippen molar-refractivity contribution in [1.82, 2.24) is 9.78 Å². The molecule has 0 aliphatic carbocycles. The molecular formula is C16H14BrN5. The number of aryl methyl sites for hydroxylation is 1. The quantitative estimate of drug-likeness (QED) is 0.675. The van der Waals surface area contributed by atoms with Gasteiger partial charge < -0.3 is 5.73 Å². The van der Waals surface area contributed by atoms with E-state index in [1.807, 2.05) is 61.5 Å². The fourth-order valence-electron chi connectivity index (χ4n) is 2.07. The van der Waals surface area contributed by atoms with Crippen LogP contribution in [0, 0.1) is 6.92 Å². The summed E-state index contributed by atoms with van der Waals surface area (Å²) < 4.78 is 2.62. The number of anilines is 1. The van der Waals surface area contributed by atoms with Gasteiger partial charge in [0.25, 0.3) is 0 Å². The summed E-state index contributed by atoms with van der Waals surface area (Å²) in [6, 6.07) is 17.3. The molecule has 0 saturated heterocycles. The highest BCUT2D eigenvalue weighted by molar-refractivity contribution is 9.10. The standard InChI is InChI=1S/C16H14BrN5/c1-11-15(20-19-13-7-5-6-12(17)10-13)16(18)22(21-11)14-8-3-2-4-9-14/h2-10H,18H2,1H3. The number of hydrogen-bond acceptors (Lipinski definition) is 4. The minimum Gasteiger partial charge on any atom is -0.382 e. The number of rotatable bonds is 3. The second kappa shape index (κ2) is 6.11. The molecule has 2 aromatic carbocycles. The number of azo groups is 1. The van der Waals surface area contributed by atoms with E-state index in [2.05, 4.69) is 31.3 Å². The maximum absolute atomic E-state index is 6.17. The van der Waals surface area contributed by atoms with Crippen molar-refractivity contribution >= 4 is 33.1 Å². The van der Waals surface area contributed by atoms with Gasteiger partial charge in [-0.15, -0.1) is 5.11 Å². The molecule has 0 spiro atoms. The summed E-state index contributed by atoms with van der Waals surface area (Å²) in [4.78, 5) is 0. The van der Waals surface area contributed by atoms with Gasteiger partial charge in [0.2, 0.25) is 0 Å². The Morgan fingerprint density at radius 2 is 1.82 bits per heavy atom. The van der Waals surface area contributed by atoms with E-state index in [0.717, 1.165) is 21.5 Å². The van der Waals surface area contributed by atoms with Crippen LogP contribution in [0.4, 0.5) is 17.2 Å². The summed E-state index contributed by atoms with van der Waals surface area (Å²) in [6.45, 7) is 1.87. The third-order valence-corrected chi connectivity index (χ3v) is 3.63.